The highest BCUT2D eigenvalue weighted by Gasteiger charge is 2.12. The Labute approximate surface area is 304 Å². The summed E-state index contributed by atoms with van der Waals surface area (Å²) >= 11 is 22.0. The van der Waals surface area contributed by atoms with Gasteiger partial charge in [-0.3, -0.25) is 20.4 Å². The van der Waals surface area contributed by atoms with Crippen LogP contribution in [0.15, 0.2) is 68.9 Å². The SMILES string of the molecule is S=c1[nH]nc2n1N=Cc1ccccc1/C=N/n1c(n[nH]c1=S)CCCc1n[nH]c(=S)n1/N=C/c1ccccc1/C=N/n1c(n[nH]c1=S)CCC2. The van der Waals surface area contributed by atoms with Crippen molar-refractivity contribution in [2.75, 3.05) is 0 Å². The summed E-state index contributed by atoms with van der Waals surface area (Å²) in [5, 5.41) is 47.7. The molecule has 1 aliphatic heterocycles. The fourth-order valence-electron chi connectivity index (χ4n) is 5.20. The predicted molar refractivity (Wildman–Crippen MR) is 199 cm³/mol. The number of H-pyrrole nitrogens is 4. The highest BCUT2D eigenvalue weighted by Crippen LogP contribution is 2.12. The molecule has 7 rings (SSSR count). The average Bonchev–Trinajstić information content (AvgIpc) is 3.87. The Kier molecular flexibility index (Phi) is 9.91. The normalized spacial score (nSPS) is 15.8. The van der Waals surface area contributed by atoms with Crippen LogP contribution in [-0.2, 0) is 25.7 Å². The molecule has 50 heavy (non-hydrogen) atoms. The van der Waals surface area contributed by atoms with Gasteiger partial charge in [0.25, 0.3) is 0 Å². The van der Waals surface area contributed by atoms with Crippen LogP contribution in [0.1, 0.15) is 58.4 Å². The minimum absolute atomic E-state index is 0.378. The number of hydrogen-bond acceptors (Lipinski definition) is 12. The van der Waals surface area contributed by atoms with Crippen LogP contribution in [-0.4, -0.2) is 84.4 Å². The van der Waals surface area contributed by atoms with Gasteiger partial charge in [-0.1, -0.05) is 48.5 Å². The Balaban J connectivity index is 1.26. The summed E-state index contributed by atoms with van der Waals surface area (Å²) in [7, 11) is 0. The largest absolute Gasteiger partial charge is 0.250 e. The maximum Gasteiger partial charge on any atom is 0.216 e. The lowest BCUT2D eigenvalue weighted by Crippen LogP contribution is -2.05. The summed E-state index contributed by atoms with van der Waals surface area (Å²) in [5.74, 6) is 2.69. The Morgan fingerprint density at radius 2 is 0.640 bits per heavy atom. The lowest BCUT2D eigenvalue weighted by Gasteiger charge is -2.05. The van der Waals surface area contributed by atoms with Crippen LogP contribution in [0.4, 0.5) is 0 Å². The Morgan fingerprint density at radius 3 is 0.880 bits per heavy atom. The number of aromatic amines is 4. The van der Waals surface area contributed by atoms with E-state index in [9.17, 15) is 0 Å². The van der Waals surface area contributed by atoms with Crippen molar-refractivity contribution in [1.29, 1.82) is 0 Å². The van der Waals surface area contributed by atoms with Crippen LogP contribution in [0.3, 0.4) is 0 Å². The lowest BCUT2D eigenvalue weighted by atomic mass is 10.1. The molecule has 0 amide bonds. The van der Waals surface area contributed by atoms with Gasteiger partial charge in [0.2, 0.25) is 19.1 Å². The zero-order valence-corrected chi connectivity index (χ0v) is 29.4. The zero-order valence-electron chi connectivity index (χ0n) is 26.2. The van der Waals surface area contributed by atoms with Gasteiger partial charge in [0.15, 0.2) is 23.3 Å². The maximum absolute atomic E-state index is 5.50. The number of nitrogens with one attached hydrogen (secondary N) is 4. The van der Waals surface area contributed by atoms with Crippen LogP contribution in [0.25, 0.3) is 0 Å². The molecule has 0 unspecified atom stereocenters. The van der Waals surface area contributed by atoms with E-state index in [4.69, 9.17) is 48.9 Å². The van der Waals surface area contributed by atoms with Crippen molar-refractivity contribution in [1.82, 2.24) is 59.5 Å². The summed E-state index contributed by atoms with van der Waals surface area (Å²) in [5.41, 5.74) is 3.28. The molecule has 0 fully saturated rings. The molecule has 252 valence electrons. The predicted octanol–water partition coefficient (Wildman–Crippen LogP) is 4.90. The van der Waals surface area contributed by atoms with E-state index in [1.807, 2.05) is 48.5 Å². The smallest absolute Gasteiger partial charge is 0.216 e. The van der Waals surface area contributed by atoms with E-state index in [0.717, 1.165) is 22.3 Å². The zero-order chi connectivity index (χ0) is 34.5. The van der Waals surface area contributed by atoms with Crippen LogP contribution in [0.2, 0.25) is 0 Å². The highest BCUT2D eigenvalue weighted by molar-refractivity contribution is 7.71. The fourth-order valence-corrected chi connectivity index (χ4v) is 5.99. The number of fused-ring (bicyclic) bond motifs is 6. The topological polar surface area (TPSA) is 184 Å². The van der Waals surface area contributed by atoms with Gasteiger partial charge in [0.05, 0.1) is 24.9 Å². The van der Waals surface area contributed by atoms with Gasteiger partial charge in [-0.05, 0) is 61.7 Å². The van der Waals surface area contributed by atoms with E-state index in [0.29, 0.717) is 80.9 Å². The second-order valence-electron chi connectivity index (χ2n) is 11.0. The Bertz CT molecular complexity index is 2170. The van der Waals surface area contributed by atoms with Crippen LogP contribution < -0.4 is 0 Å². The van der Waals surface area contributed by atoms with Gasteiger partial charge in [0, 0.05) is 47.9 Å². The monoisotopic (exact) mass is 740 g/mol. The summed E-state index contributed by atoms with van der Waals surface area (Å²) in [6.45, 7) is 0. The molecule has 6 aromatic rings. The molecule has 0 saturated carbocycles. The van der Waals surface area contributed by atoms with E-state index in [1.165, 1.54) is 0 Å². The van der Waals surface area contributed by atoms with E-state index in [2.05, 4.69) is 61.2 Å². The van der Waals surface area contributed by atoms with Gasteiger partial charge >= 0.3 is 0 Å². The van der Waals surface area contributed by atoms with Crippen molar-refractivity contribution in [2.45, 2.75) is 38.5 Å². The average molecular weight is 741 g/mol. The molecule has 4 aromatic heterocycles. The van der Waals surface area contributed by atoms with Gasteiger partial charge < -0.3 is 0 Å². The van der Waals surface area contributed by atoms with Gasteiger partial charge in [-0.2, -0.15) is 59.5 Å². The van der Waals surface area contributed by atoms with E-state index in [-0.39, 0.29) is 0 Å². The van der Waals surface area contributed by atoms with Crippen molar-refractivity contribution in [3.63, 3.8) is 0 Å². The summed E-state index contributed by atoms with van der Waals surface area (Å²) in [6.07, 6.45) is 10.5. The first kappa shape index (κ1) is 33.1. The third kappa shape index (κ3) is 7.27. The maximum atomic E-state index is 5.50. The molecule has 16 nitrogen and oxygen atoms in total. The molecule has 2 aromatic carbocycles. The highest BCUT2D eigenvalue weighted by atomic mass is 32.1. The van der Waals surface area contributed by atoms with Crippen molar-refractivity contribution in [2.24, 2.45) is 20.4 Å². The minimum atomic E-state index is 0.378. The number of aromatic nitrogens is 12. The molecular formula is C30H28N16S4. The molecular weight excluding hydrogens is 713 g/mol. The van der Waals surface area contributed by atoms with E-state index < -0.39 is 0 Å². The van der Waals surface area contributed by atoms with E-state index >= 15 is 0 Å². The molecule has 0 bridgehead atoms. The summed E-state index contributed by atoms with van der Waals surface area (Å²) < 4.78 is 7.97. The summed E-state index contributed by atoms with van der Waals surface area (Å²) in [6, 6.07) is 15.5. The lowest BCUT2D eigenvalue weighted by molar-refractivity contribution is 0.669. The third-order valence-electron chi connectivity index (χ3n) is 7.71. The van der Waals surface area contributed by atoms with Crippen molar-refractivity contribution in [3.05, 3.63) is 113 Å². The van der Waals surface area contributed by atoms with Crippen LogP contribution in [0, 0.1) is 19.1 Å². The fraction of sp³-hybridized carbons (Fsp3) is 0.200. The molecule has 0 saturated heterocycles. The van der Waals surface area contributed by atoms with Gasteiger partial charge in [-0.25, -0.2) is 0 Å². The van der Waals surface area contributed by atoms with Crippen LogP contribution >= 0.6 is 48.9 Å². The number of nitrogens with zero attached hydrogens (tertiary/aromatic N) is 12. The van der Waals surface area contributed by atoms with Gasteiger partial charge in [0.1, 0.15) is 0 Å². The molecule has 5 heterocycles. The minimum Gasteiger partial charge on any atom is -0.250 e. The summed E-state index contributed by atoms with van der Waals surface area (Å²) in [4.78, 5) is 0. The van der Waals surface area contributed by atoms with Crippen molar-refractivity contribution >= 4 is 73.7 Å². The quantitative estimate of drug-likeness (QED) is 0.159. The molecule has 0 aliphatic carbocycles. The number of aryl methyl sites for hydroxylation is 4. The Morgan fingerprint density at radius 1 is 0.400 bits per heavy atom. The first-order valence-electron chi connectivity index (χ1n) is 15.5. The molecule has 20 heteroatoms. The van der Waals surface area contributed by atoms with Gasteiger partial charge in [-0.15, -0.1) is 0 Å². The van der Waals surface area contributed by atoms with Crippen LogP contribution in [0.5, 0.6) is 0 Å². The first-order chi connectivity index (χ1) is 24.4. The molecule has 4 N–H and O–H groups in total. The third-order valence-corrected chi connectivity index (χ3v) is 8.77. The number of rotatable bonds is 0. The molecule has 0 radical (unpaired) electrons. The first-order valence-corrected chi connectivity index (χ1v) is 17.1. The molecule has 0 atom stereocenters. The number of hydrogen-bond donors (Lipinski definition) is 4. The standard InChI is InChI=1S/C30H28N16S4/c47-27-39-35-23-11-5-13-25-37-41-29(49)45(25)33-17-21-9-3-4-10-22(21)18-34-46-26(38-42-30(46)50)14-6-12-24-36-40-28(48)44(24)32-16-20-8-2-1-7-19(20)15-31-43(23)27/h1-4,7-10,15-18H,5-6,11-14H2,(H,39,47)(H,40,48)(H,41,49)(H,42,50)/b31-15+,32-16+,33-17+,34-18?. The van der Waals surface area contributed by atoms with Crippen molar-refractivity contribution in [3.8, 4) is 0 Å². The second kappa shape index (κ2) is 15.0. The Hall–Kier alpha value is -5.44. The van der Waals surface area contributed by atoms with E-state index in [1.54, 1.807) is 43.6 Å². The molecule has 0 spiro atoms. The second-order valence-corrected chi connectivity index (χ2v) is 12.5. The molecule has 1 aliphatic rings. The number of benzene rings is 2. The van der Waals surface area contributed by atoms with Crippen molar-refractivity contribution < 1.29 is 0 Å².